The molecule has 0 fully saturated rings. The third kappa shape index (κ3) is 3.35. The van der Waals surface area contributed by atoms with Crippen molar-refractivity contribution in [3.05, 3.63) is 112 Å². The summed E-state index contributed by atoms with van der Waals surface area (Å²) in [6.07, 6.45) is 3.97. The Kier molecular flexibility index (Phi) is 5.10. The number of hydrogen-bond acceptors (Lipinski definition) is 3. The third-order valence-electron chi connectivity index (χ3n) is 6.78. The first-order valence-corrected chi connectivity index (χ1v) is 11.7. The third-order valence-corrected chi connectivity index (χ3v) is 6.78. The van der Waals surface area contributed by atoms with Crippen LogP contribution in [0.3, 0.4) is 0 Å². The Morgan fingerprint density at radius 1 is 0.889 bits per heavy atom. The number of nitrogens with two attached hydrogens (primary N) is 1. The van der Waals surface area contributed by atoms with Crippen LogP contribution in [-0.2, 0) is 20.1 Å². The highest BCUT2D eigenvalue weighted by Gasteiger charge is 2.23. The Morgan fingerprint density at radius 2 is 1.56 bits per heavy atom. The van der Waals surface area contributed by atoms with Crippen LogP contribution in [0.5, 0.6) is 0 Å². The van der Waals surface area contributed by atoms with Crippen molar-refractivity contribution in [2.24, 2.45) is 12.8 Å². The fourth-order valence-corrected chi connectivity index (χ4v) is 5.04. The van der Waals surface area contributed by atoms with Gasteiger partial charge < -0.3 is 14.9 Å². The number of para-hydroxylation sites is 2. The number of aryl methyl sites for hydroxylation is 1. The van der Waals surface area contributed by atoms with E-state index in [1.54, 1.807) is 4.57 Å². The lowest BCUT2D eigenvalue weighted by atomic mass is 10.1. The zero-order chi connectivity index (χ0) is 24.8. The average Bonchev–Trinajstić information content (AvgIpc) is 3.55. The van der Waals surface area contributed by atoms with Gasteiger partial charge in [-0.3, -0.25) is 9.55 Å². The Bertz CT molecular complexity index is 1840. The molecule has 0 saturated heterocycles. The minimum atomic E-state index is -0.341. The number of H-pyrrole nitrogens is 1. The quantitative estimate of drug-likeness (QED) is 0.382. The maximum absolute atomic E-state index is 13.3. The number of fused-ring (bicyclic) bond motifs is 2. The molecule has 6 aromatic rings. The zero-order valence-electron chi connectivity index (χ0n) is 19.8. The van der Waals surface area contributed by atoms with Gasteiger partial charge in [-0.2, -0.15) is 5.26 Å². The van der Waals surface area contributed by atoms with Gasteiger partial charge in [-0.1, -0.05) is 60.7 Å². The molecular weight excluding hydrogens is 448 g/mol. The van der Waals surface area contributed by atoms with Gasteiger partial charge in [-0.25, -0.2) is 4.79 Å². The smallest absolute Gasteiger partial charge is 0.331 e. The Morgan fingerprint density at radius 3 is 2.28 bits per heavy atom. The van der Waals surface area contributed by atoms with Crippen molar-refractivity contribution >= 4 is 21.8 Å². The molecule has 0 aliphatic heterocycles. The topological polar surface area (TPSA) is 97.5 Å². The maximum atomic E-state index is 13.3. The molecule has 0 atom stereocenters. The SMILES string of the molecule is Cn1cc(-n2c(-c3cn(Cc4ccc(CN)cc4)c4ccccc34)c(C#N)[nH]c2=O)c2ccccc21. The number of rotatable bonds is 5. The van der Waals surface area contributed by atoms with E-state index < -0.39 is 0 Å². The number of nitrogens with one attached hydrogen (secondary N) is 1. The van der Waals surface area contributed by atoms with Gasteiger partial charge in [-0.15, -0.1) is 0 Å². The molecule has 7 nitrogen and oxygen atoms in total. The van der Waals surface area contributed by atoms with Crippen molar-refractivity contribution in [2.75, 3.05) is 0 Å². The van der Waals surface area contributed by atoms with Crippen LogP contribution in [0.2, 0.25) is 0 Å². The predicted octanol–water partition coefficient (Wildman–Crippen LogP) is 4.66. The van der Waals surface area contributed by atoms with E-state index in [2.05, 4.69) is 33.8 Å². The summed E-state index contributed by atoms with van der Waals surface area (Å²) in [5.74, 6) is 0. The Labute approximate surface area is 207 Å². The molecule has 36 heavy (non-hydrogen) atoms. The van der Waals surface area contributed by atoms with Crippen LogP contribution in [0.25, 0.3) is 38.8 Å². The van der Waals surface area contributed by atoms with Gasteiger partial charge in [0.15, 0.2) is 0 Å². The largest absolute Gasteiger partial charge is 0.348 e. The maximum Gasteiger partial charge on any atom is 0.331 e. The summed E-state index contributed by atoms with van der Waals surface area (Å²) in [4.78, 5) is 16.1. The van der Waals surface area contributed by atoms with Crippen molar-refractivity contribution < 1.29 is 0 Å². The van der Waals surface area contributed by atoms with Crippen molar-refractivity contribution in [1.82, 2.24) is 18.7 Å². The lowest BCUT2D eigenvalue weighted by molar-refractivity contribution is 0.835. The molecule has 3 heterocycles. The molecule has 0 bridgehead atoms. The molecule has 3 N–H and O–H groups in total. The molecule has 0 aliphatic rings. The molecule has 3 aromatic heterocycles. The van der Waals surface area contributed by atoms with E-state index in [1.807, 2.05) is 78.6 Å². The second-order valence-electron chi connectivity index (χ2n) is 8.95. The van der Waals surface area contributed by atoms with Crippen LogP contribution in [0.1, 0.15) is 16.8 Å². The summed E-state index contributed by atoms with van der Waals surface area (Å²) in [6.45, 7) is 1.16. The van der Waals surface area contributed by atoms with Crippen LogP contribution >= 0.6 is 0 Å². The van der Waals surface area contributed by atoms with Crippen molar-refractivity contribution in [1.29, 1.82) is 5.26 Å². The number of aromatic nitrogens is 4. The Hall–Kier alpha value is -4.80. The van der Waals surface area contributed by atoms with Crippen molar-refractivity contribution in [3.63, 3.8) is 0 Å². The number of benzene rings is 3. The van der Waals surface area contributed by atoms with E-state index in [1.165, 1.54) is 0 Å². The van der Waals surface area contributed by atoms with Crippen LogP contribution in [-0.4, -0.2) is 18.7 Å². The summed E-state index contributed by atoms with van der Waals surface area (Å²) in [7, 11) is 1.95. The molecule has 0 radical (unpaired) electrons. The van der Waals surface area contributed by atoms with Gasteiger partial charge in [0, 0.05) is 59.9 Å². The highest BCUT2D eigenvalue weighted by molar-refractivity contribution is 5.98. The van der Waals surface area contributed by atoms with E-state index >= 15 is 0 Å². The molecule has 6 rings (SSSR count). The fraction of sp³-hybridized carbons (Fsp3) is 0.103. The molecule has 3 aromatic carbocycles. The first-order chi connectivity index (χ1) is 17.6. The molecule has 0 aliphatic carbocycles. The monoisotopic (exact) mass is 472 g/mol. The van der Waals surface area contributed by atoms with Gasteiger partial charge in [-0.05, 0) is 23.3 Å². The van der Waals surface area contributed by atoms with Crippen LogP contribution in [0, 0.1) is 11.3 Å². The first kappa shape index (κ1) is 21.7. The van der Waals surface area contributed by atoms with Gasteiger partial charge >= 0.3 is 5.69 Å². The zero-order valence-corrected chi connectivity index (χ0v) is 19.8. The van der Waals surface area contributed by atoms with Gasteiger partial charge in [0.25, 0.3) is 0 Å². The summed E-state index contributed by atoms with van der Waals surface area (Å²) in [5.41, 5.74) is 12.0. The van der Waals surface area contributed by atoms with E-state index in [-0.39, 0.29) is 11.4 Å². The first-order valence-electron chi connectivity index (χ1n) is 11.7. The number of aromatic amines is 1. The van der Waals surface area contributed by atoms with E-state index in [0.29, 0.717) is 18.8 Å². The van der Waals surface area contributed by atoms with Crippen LogP contribution in [0.4, 0.5) is 0 Å². The number of nitriles is 1. The number of hydrogen-bond donors (Lipinski definition) is 2. The van der Waals surface area contributed by atoms with Crippen LogP contribution < -0.4 is 11.4 Å². The summed E-state index contributed by atoms with van der Waals surface area (Å²) in [5, 5.41) is 11.9. The second-order valence-corrected chi connectivity index (χ2v) is 8.95. The molecule has 0 unspecified atom stereocenters. The minimum absolute atomic E-state index is 0.239. The predicted molar refractivity (Wildman–Crippen MR) is 142 cm³/mol. The van der Waals surface area contributed by atoms with Crippen molar-refractivity contribution in [3.8, 4) is 23.0 Å². The average molecular weight is 473 g/mol. The standard InChI is InChI=1S/C29H24N6O/c1-33-18-27(22-7-3-4-8-25(22)33)35-28(24(15-31)32-29(35)36)23-17-34(26-9-5-2-6-21(23)26)16-20-12-10-19(14-30)11-13-20/h2-13,17-18H,14,16,30H2,1H3,(H,32,36). The molecule has 7 heteroatoms. The highest BCUT2D eigenvalue weighted by Crippen LogP contribution is 2.35. The highest BCUT2D eigenvalue weighted by atomic mass is 16.1. The molecular formula is C29H24N6O. The van der Waals surface area contributed by atoms with Gasteiger partial charge in [0.2, 0.25) is 0 Å². The van der Waals surface area contributed by atoms with Gasteiger partial charge in [0.1, 0.15) is 11.8 Å². The van der Waals surface area contributed by atoms with Crippen molar-refractivity contribution in [2.45, 2.75) is 13.1 Å². The summed E-state index contributed by atoms with van der Waals surface area (Å²) in [6, 6.07) is 26.5. The number of imidazole rings is 1. The lowest BCUT2D eigenvalue weighted by Crippen LogP contribution is -2.15. The van der Waals surface area contributed by atoms with Gasteiger partial charge in [0.05, 0.1) is 11.4 Å². The van der Waals surface area contributed by atoms with E-state index in [9.17, 15) is 10.1 Å². The van der Waals surface area contributed by atoms with Crippen LogP contribution in [0.15, 0.2) is 90.0 Å². The molecule has 176 valence electrons. The normalized spacial score (nSPS) is 11.4. The second kappa shape index (κ2) is 8.45. The fourth-order valence-electron chi connectivity index (χ4n) is 5.04. The lowest BCUT2D eigenvalue weighted by Gasteiger charge is -2.07. The minimum Gasteiger partial charge on any atom is -0.348 e. The molecule has 0 spiro atoms. The molecule has 0 saturated carbocycles. The number of nitrogens with zero attached hydrogens (tertiary/aromatic N) is 4. The Balaban J connectivity index is 1.59. The van der Waals surface area contributed by atoms with E-state index in [0.717, 1.165) is 44.2 Å². The van der Waals surface area contributed by atoms with E-state index in [4.69, 9.17) is 5.73 Å². The summed E-state index contributed by atoms with van der Waals surface area (Å²) >= 11 is 0. The summed E-state index contributed by atoms with van der Waals surface area (Å²) < 4.78 is 5.78. The molecule has 0 amide bonds.